The molecule has 0 spiro atoms. The lowest BCUT2D eigenvalue weighted by atomic mass is 9.98. The predicted octanol–water partition coefficient (Wildman–Crippen LogP) is 4.95. The van der Waals surface area contributed by atoms with Crippen LogP contribution in [-0.4, -0.2) is 13.7 Å². The molecule has 0 fully saturated rings. The van der Waals surface area contributed by atoms with E-state index in [1.54, 1.807) is 19.2 Å². The Balaban J connectivity index is 2.39. The van der Waals surface area contributed by atoms with Crippen molar-refractivity contribution in [2.75, 3.05) is 13.7 Å². The first-order chi connectivity index (χ1) is 10.1. The molecular formula is C16H16BrClFNO. The molecule has 0 aliphatic carbocycles. The normalized spacial score (nSPS) is 12.2. The largest absolute Gasteiger partial charge is 0.493 e. The monoisotopic (exact) mass is 371 g/mol. The third-order valence-corrected chi connectivity index (χ3v) is 4.01. The molecule has 0 aliphatic rings. The highest BCUT2D eigenvalue weighted by Crippen LogP contribution is 2.32. The number of rotatable bonds is 5. The topological polar surface area (TPSA) is 21.3 Å². The van der Waals surface area contributed by atoms with E-state index in [0.29, 0.717) is 17.2 Å². The summed E-state index contributed by atoms with van der Waals surface area (Å²) in [6.45, 7) is 2.53. The summed E-state index contributed by atoms with van der Waals surface area (Å²) in [6, 6.07) is 10.2. The minimum Gasteiger partial charge on any atom is -0.493 e. The number of hydrogen-bond donors (Lipinski definition) is 1. The Bertz CT molecular complexity index is 636. The van der Waals surface area contributed by atoms with Crippen molar-refractivity contribution in [2.45, 2.75) is 13.0 Å². The van der Waals surface area contributed by atoms with E-state index < -0.39 is 0 Å². The van der Waals surface area contributed by atoms with Crippen LogP contribution in [0.25, 0.3) is 0 Å². The standard InChI is InChI=1S/C16H16BrClFNO/c1-3-21-15-7-4-10(8-13(15)17)16(20-2)12-6-5-11(18)9-14(12)19/h4-9,16,20H,3H2,1-2H3. The highest BCUT2D eigenvalue weighted by atomic mass is 79.9. The number of hydrogen-bond acceptors (Lipinski definition) is 2. The molecule has 2 nitrogen and oxygen atoms in total. The van der Waals surface area contributed by atoms with E-state index in [1.165, 1.54) is 6.07 Å². The summed E-state index contributed by atoms with van der Waals surface area (Å²) in [5.41, 5.74) is 1.49. The third-order valence-electron chi connectivity index (χ3n) is 3.15. The van der Waals surface area contributed by atoms with Crippen molar-refractivity contribution in [3.63, 3.8) is 0 Å². The summed E-state index contributed by atoms with van der Waals surface area (Å²) in [5.74, 6) is 0.444. The minimum atomic E-state index is -0.327. The molecule has 0 aromatic heterocycles. The highest BCUT2D eigenvalue weighted by Gasteiger charge is 2.17. The Kier molecular flexibility index (Phi) is 5.62. The van der Waals surface area contributed by atoms with Crippen molar-refractivity contribution in [1.29, 1.82) is 0 Å². The van der Waals surface area contributed by atoms with Gasteiger partial charge in [-0.3, -0.25) is 0 Å². The van der Waals surface area contributed by atoms with Crippen molar-refractivity contribution >= 4 is 27.5 Å². The van der Waals surface area contributed by atoms with Crippen LogP contribution in [0.1, 0.15) is 24.1 Å². The zero-order valence-corrected chi connectivity index (χ0v) is 14.1. The van der Waals surface area contributed by atoms with Crippen molar-refractivity contribution in [3.05, 3.63) is 62.8 Å². The zero-order chi connectivity index (χ0) is 15.4. The molecule has 2 aromatic carbocycles. The van der Waals surface area contributed by atoms with Gasteiger partial charge in [-0.15, -0.1) is 0 Å². The average Bonchev–Trinajstić information content (AvgIpc) is 2.45. The molecule has 1 N–H and O–H groups in total. The van der Waals surface area contributed by atoms with E-state index in [-0.39, 0.29) is 11.9 Å². The van der Waals surface area contributed by atoms with Gasteiger partial charge in [0, 0.05) is 10.6 Å². The average molecular weight is 373 g/mol. The van der Waals surface area contributed by atoms with Gasteiger partial charge in [-0.05, 0) is 59.7 Å². The van der Waals surface area contributed by atoms with E-state index in [4.69, 9.17) is 16.3 Å². The second-order valence-corrected chi connectivity index (χ2v) is 5.80. The molecular weight excluding hydrogens is 357 g/mol. The lowest BCUT2D eigenvalue weighted by molar-refractivity contribution is 0.338. The van der Waals surface area contributed by atoms with Crippen LogP contribution in [0.4, 0.5) is 4.39 Å². The fourth-order valence-corrected chi connectivity index (χ4v) is 2.88. The quantitative estimate of drug-likeness (QED) is 0.802. The van der Waals surface area contributed by atoms with Gasteiger partial charge in [0.2, 0.25) is 0 Å². The lowest BCUT2D eigenvalue weighted by Gasteiger charge is -2.19. The van der Waals surface area contributed by atoms with Gasteiger partial charge in [0.05, 0.1) is 17.1 Å². The Morgan fingerprint density at radius 1 is 1.29 bits per heavy atom. The first-order valence-electron chi connectivity index (χ1n) is 6.61. The van der Waals surface area contributed by atoms with Crippen molar-refractivity contribution in [2.24, 2.45) is 0 Å². The maximum atomic E-state index is 14.1. The summed E-state index contributed by atoms with van der Waals surface area (Å²) in [4.78, 5) is 0. The Morgan fingerprint density at radius 2 is 2.05 bits per heavy atom. The second-order valence-electron chi connectivity index (χ2n) is 4.51. The summed E-state index contributed by atoms with van der Waals surface area (Å²) in [7, 11) is 1.79. The van der Waals surface area contributed by atoms with Gasteiger partial charge in [-0.25, -0.2) is 4.39 Å². The smallest absolute Gasteiger partial charge is 0.133 e. The van der Waals surface area contributed by atoms with E-state index in [2.05, 4.69) is 21.2 Å². The predicted molar refractivity (Wildman–Crippen MR) is 87.6 cm³/mol. The molecule has 1 unspecified atom stereocenters. The van der Waals surface area contributed by atoms with Gasteiger partial charge >= 0.3 is 0 Å². The number of nitrogens with one attached hydrogen (secondary N) is 1. The van der Waals surface area contributed by atoms with E-state index in [0.717, 1.165) is 15.8 Å². The fraction of sp³-hybridized carbons (Fsp3) is 0.250. The van der Waals surface area contributed by atoms with Crippen LogP contribution < -0.4 is 10.1 Å². The van der Waals surface area contributed by atoms with Gasteiger partial charge in [-0.2, -0.15) is 0 Å². The molecule has 0 saturated heterocycles. The van der Waals surface area contributed by atoms with Gasteiger partial charge < -0.3 is 10.1 Å². The fourth-order valence-electron chi connectivity index (χ4n) is 2.21. The number of benzene rings is 2. The molecule has 1 atom stereocenters. The van der Waals surface area contributed by atoms with Crippen LogP contribution in [0.15, 0.2) is 40.9 Å². The summed E-state index contributed by atoms with van der Waals surface area (Å²) < 4.78 is 20.4. The first-order valence-corrected chi connectivity index (χ1v) is 7.78. The van der Waals surface area contributed by atoms with Gasteiger partial charge in [0.25, 0.3) is 0 Å². The van der Waals surface area contributed by atoms with E-state index in [9.17, 15) is 4.39 Å². The van der Waals surface area contributed by atoms with E-state index >= 15 is 0 Å². The first kappa shape index (κ1) is 16.3. The maximum absolute atomic E-state index is 14.1. The molecule has 0 amide bonds. The summed E-state index contributed by atoms with van der Waals surface area (Å²) in [5, 5.41) is 3.52. The van der Waals surface area contributed by atoms with Crippen molar-refractivity contribution < 1.29 is 9.13 Å². The number of halogens is 3. The summed E-state index contributed by atoms with van der Waals surface area (Å²) in [6.07, 6.45) is 0. The van der Waals surface area contributed by atoms with Gasteiger partial charge in [0.15, 0.2) is 0 Å². The zero-order valence-electron chi connectivity index (χ0n) is 11.8. The number of ether oxygens (including phenoxy) is 1. The van der Waals surface area contributed by atoms with Crippen LogP contribution in [0.3, 0.4) is 0 Å². The molecule has 2 rings (SSSR count). The molecule has 0 aliphatic heterocycles. The maximum Gasteiger partial charge on any atom is 0.133 e. The molecule has 0 bridgehead atoms. The van der Waals surface area contributed by atoms with Gasteiger partial charge in [-0.1, -0.05) is 23.7 Å². The van der Waals surface area contributed by atoms with Crippen molar-refractivity contribution in [1.82, 2.24) is 5.32 Å². The van der Waals surface area contributed by atoms with E-state index in [1.807, 2.05) is 25.1 Å². The van der Waals surface area contributed by atoms with Crippen LogP contribution >= 0.6 is 27.5 Å². The van der Waals surface area contributed by atoms with Crippen molar-refractivity contribution in [3.8, 4) is 5.75 Å². The molecule has 2 aromatic rings. The van der Waals surface area contributed by atoms with Crippen LogP contribution in [0.2, 0.25) is 5.02 Å². The Hall–Kier alpha value is -1.10. The molecule has 21 heavy (non-hydrogen) atoms. The second kappa shape index (κ2) is 7.25. The molecule has 0 radical (unpaired) electrons. The minimum absolute atomic E-state index is 0.255. The van der Waals surface area contributed by atoms with Crippen LogP contribution in [0.5, 0.6) is 5.75 Å². The van der Waals surface area contributed by atoms with Crippen LogP contribution in [-0.2, 0) is 0 Å². The lowest BCUT2D eigenvalue weighted by Crippen LogP contribution is -2.19. The third kappa shape index (κ3) is 3.76. The molecule has 0 heterocycles. The Labute approximate surface area is 137 Å². The van der Waals surface area contributed by atoms with Gasteiger partial charge in [0.1, 0.15) is 11.6 Å². The van der Waals surface area contributed by atoms with Crippen LogP contribution in [0, 0.1) is 5.82 Å². The molecule has 5 heteroatoms. The molecule has 0 saturated carbocycles. The summed E-state index contributed by atoms with van der Waals surface area (Å²) >= 11 is 9.29. The Morgan fingerprint density at radius 3 is 2.62 bits per heavy atom. The highest BCUT2D eigenvalue weighted by molar-refractivity contribution is 9.10. The molecule has 112 valence electrons. The SMILES string of the molecule is CCOc1ccc(C(NC)c2ccc(Cl)cc2F)cc1Br.